The van der Waals surface area contributed by atoms with E-state index in [1.54, 1.807) is 41.8 Å². The summed E-state index contributed by atoms with van der Waals surface area (Å²) in [7, 11) is 0. The second-order valence-corrected chi connectivity index (χ2v) is 8.69. The predicted octanol–water partition coefficient (Wildman–Crippen LogP) is 5.94. The fourth-order valence-electron chi connectivity index (χ4n) is 3.14. The number of nitrogens with two attached hydrogens (primary N) is 1. The molecule has 2 heterocycles. The zero-order chi connectivity index (χ0) is 25.9. The van der Waals surface area contributed by atoms with Crippen LogP contribution in [0.2, 0.25) is 5.02 Å². The Morgan fingerprint density at radius 3 is 2.36 bits per heavy atom. The van der Waals surface area contributed by atoms with Gasteiger partial charge in [0.05, 0.1) is 10.3 Å². The lowest BCUT2D eigenvalue weighted by molar-refractivity contribution is -0.193. The van der Waals surface area contributed by atoms with E-state index in [-0.39, 0.29) is 22.7 Å². The van der Waals surface area contributed by atoms with Crippen molar-refractivity contribution < 1.29 is 37.0 Å². The molecule has 0 unspecified atom stereocenters. The van der Waals surface area contributed by atoms with Gasteiger partial charge in [0.25, 0.3) is 0 Å². The van der Waals surface area contributed by atoms with Gasteiger partial charge in [-0.2, -0.15) is 13.2 Å². The zero-order valence-corrected chi connectivity index (χ0v) is 19.7. The van der Waals surface area contributed by atoms with Crippen LogP contribution in [0.25, 0.3) is 10.1 Å². The van der Waals surface area contributed by atoms with Crippen LogP contribution in [0, 0.1) is 0 Å². The van der Waals surface area contributed by atoms with Crippen molar-refractivity contribution in [3.63, 3.8) is 0 Å². The molecular formula is C24H16ClF3N2O5S. The molecule has 0 aliphatic rings. The summed E-state index contributed by atoms with van der Waals surface area (Å²) in [5.41, 5.74) is 7.12. The van der Waals surface area contributed by atoms with Crippen molar-refractivity contribution in [1.82, 2.24) is 4.98 Å². The summed E-state index contributed by atoms with van der Waals surface area (Å²) in [6.45, 7) is 0.347. The van der Waals surface area contributed by atoms with Gasteiger partial charge >= 0.3 is 18.1 Å². The third-order valence-electron chi connectivity index (χ3n) is 4.86. The fourth-order valence-corrected chi connectivity index (χ4v) is 4.33. The predicted molar refractivity (Wildman–Crippen MR) is 127 cm³/mol. The van der Waals surface area contributed by atoms with Gasteiger partial charge in [-0.15, -0.1) is 11.3 Å². The Balaban J connectivity index is 1.47. The van der Waals surface area contributed by atoms with Gasteiger partial charge in [0.1, 0.15) is 30.5 Å². The monoisotopic (exact) mass is 536 g/mol. The Bertz CT molecular complexity index is 1420. The molecule has 4 aromatic rings. The summed E-state index contributed by atoms with van der Waals surface area (Å²) in [5.74, 6) is -2.99. The van der Waals surface area contributed by atoms with Gasteiger partial charge in [0.15, 0.2) is 0 Å². The molecule has 0 atom stereocenters. The summed E-state index contributed by atoms with van der Waals surface area (Å²) in [4.78, 5) is 27.1. The lowest BCUT2D eigenvalue weighted by Crippen LogP contribution is -2.28. The average Bonchev–Trinajstić information content (AvgIpc) is 3.27. The minimum absolute atomic E-state index is 0.0203. The third-order valence-corrected chi connectivity index (χ3v) is 6.17. The van der Waals surface area contributed by atoms with Gasteiger partial charge in [-0.1, -0.05) is 29.8 Å². The summed E-state index contributed by atoms with van der Waals surface area (Å²) in [6, 6.07) is 14.2. The number of carbonyl (C=O) groups is 2. The van der Waals surface area contributed by atoms with E-state index in [1.165, 1.54) is 0 Å². The van der Waals surface area contributed by atoms with Crippen LogP contribution in [0.15, 0.2) is 60.1 Å². The fraction of sp³-hybridized carbons (Fsp3) is 0.125. The number of ether oxygens (including phenoxy) is 3. The largest absolute Gasteiger partial charge is 0.491 e. The molecule has 0 fully saturated rings. The number of benzene rings is 2. The first-order chi connectivity index (χ1) is 17.1. The molecule has 2 aromatic carbocycles. The van der Waals surface area contributed by atoms with Crippen LogP contribution in [0.5, 0.6) is 11.5 Å². The Morgan fingerprint density at radius 2 is 1.69 bits per heavy atom. The highest BCUT2D eigenvalue weighted by Crippen LogP contribution is 2.34. The first-order valence-corrected chi connectivity index (χ1v) is 11.5. The molecule has 0 saturated carbocycles. The van der Waals surface area contributed by atoms with E-state index >= 15 is 0 Å². The van der Waals surface area contributed by atoms with Crippen molar-refractivity contribution >= 4 is 50.8 Å². The SMILES string of the molecule is Nc1ncc(C(=O)OC(=O)C(F)(F)F)c2scc(COc3cccc(OCc4ccc(Cl)cc4)c3)c12. The Morgan fingerprint density at radius 1 is 1.03 bits per heavy atom. The van der Waals surface area contributed by atoms with E-state index in [2.05, 4.69) is 9.72 Å². The number of fused-ring (bicyclic) bond motifs is 1. The number of nitrogens with zero attached hydrogens (tertiary/aromatic N) is 1. The van der Waals surface area contributed by atoms with E-state index < -0.39 is 18.1 Å². The molecule has 0 bridgehead atoms. The van der Waals surface area contributed by atoms with Crippen LogP contribution in [0.4, 0.5) is 19.0 Å². The van der Waals surface area contributed by atoms with E-state index in [9.17, 15) is 22.8 Å². The number of anilines is 1. The third kappa shape index (κ3) is 5.86. The first-order valence-electron chi connectivity index (χ1n) is 10.2. The molecule has 0 radical (unpaired) electrons. The van der Waals surface area contributed by atoms with Crippen LogP contribution in [0.1, 0.15) is 21.5 Å². The van der Waals surface area contributed by atoms with Gasteiger partial charge in [0.2, 0.25) is 0 Å². The number of pyridine rings is 1. The lowest BCUT2D eigenvalue weighted by Gasteiger charge is -2.10. The second-order valence-electron chi connectivity index (χ2n) is 7.38. The molecule has 0 aliphatic heterocycles. The van der Waals surface area contributed by atoms with Crippen LogP contribution in [-0.4, -0.2) is 23.1 Å². The van der Waals surface area contributed by atoms with Crippen LogP contribution in [-0.2, 0) is 22.7 Å². The summed E-state index contributed by atoms with van der Waals surface area (Å²) in [5, 5.41) is 2.58. The Kier molecular flexibility index (Phi) is 7.32. The topological polar surface area (TPSA) is 101 Å². The quantitative estimate of drug-likeness (QED) is 0.230. The van der Waals surface area contributed by atoms with Gasteiger partial charge in [-0.3, -0.25) is 0 Å². The number of nitrogen functional groups attached to an aromatic ring is 1. The van der Waals surface area contributed by atoms with Crippen LogP contribution >= 0.6 is 22.9 Å². The summed E-state index contributed by atoms with van der Waals surface area (Å²) < 4.78 is 53.2. The Labute approximate surface area is 211 Å². The van der Waals surface area contributed by atoms with E-state index in [4.69, 9.17) is 26.8 Å². The molecule has 2 aromatic heterocycles. The van der Waals surface area contributed by atoms with Crippen molar-refractivity contribution in [2.75, 3.05) is 5.73 Å². The van der Waals surface area contributed by atoms with Crippen LogP contribution in [0.3, 0.4) is 0 Å². The number of rotatable bonds is 7. The number of carbonyl (C=O) groups excluding carboxylic acids is 2. The van der Waals surface area contributed by atoms with Crippen molar-refractivity contribution in [3.05, 3.63) is 81.8 Å². The molecule has 4 rings (SSSR count). The normalized spacial score (nSPS) is 11.3. The molecule has 0 spiro atoms. The number of alkyl halides is 3. The highest BCUT2D eigenvalue weighted by Gasteiger charge is 2.42. The van der Waals surface area contributed by atoms with Crippen molar-refractivity contribution in [2.45, 2.75) is 19.4 Å². The van der Waals surface area contributed by atoms with E-state index in [0.29, 0.717) is 34.1 Å². The average molecular weight is 537 g/mol. The molecule has 12 heteroatoms. The molecule has 2 N–H and O–H groups in total. The number of esters is 2. The second kappa shape index (κ2) is 10.4. The van der Waals surface area contributed by atoms with Gasteiger partial charge < -0.3 is 19.9 Å². The maximum atomic E-state index is 12.5. The number of halogens is 4. The highest BCUT2D eigenvalue weighted by atomic mass is 35.5. The van der Waals surface area contributed by atoms with Gasteiger partial charge in [0, 0.05) is 28.2 Å². The number of aromatic nitrogens is 1. The highest BCUT2D eigenvalue weighted by molar-refractivity contribution is 7.17. The van der Waals surface area contributed by atoms with Crippen molar-refractivity contribution in [2.24, 2.45) is 0 Å². The standard InChI is InChI=1S/C24H16ClF3N2O5S/c25-15-6-4-13(5-7-15)10-33-16-2-1-3-17(8-16)34-11-14-12-36-20-18(9-30-21(29)19(14)20)22(31)35-23(32)24(26,27)28/h1-9,12H,10-11H2,(H2,29,30). The summed E-state index contributed by atoms with van der Waals surface area (Å²) in [6.07, 6.45) is -4.34. The van der Waals surface area contributed by atoms with Crippen LogP contribution < -0.4 is 15.2 Å². The molecule has 36 heavy (non-hydrogen) atoms. The molecule has 0 aliphatic carbocycles. The number of hydrogen-bond donors (Lipinski definition) is 1. The molecule has 0 saturated heterocycles. The van der Waals surface area contributed by atoms with Gasteiger partial charge in [-0.25, -0.2) is 14.6 Å². The minimum atomic E-state index is -5.31. The minimum Gasteiger partial charge on any atom is -0.489 e. The molecule has 0 amide bonds. The summed E-state index contributed by atoms with van der Waals surface area (Å²) >= 11 is 6.92. The molecular weight excluding hydrogens is 521 g/mol. The smallest absolute Gasteiger partial charge is 0.489 e. The van der Waals surface area contributed by atoms with Crippen molar-refractivity contribution in [1.29, 1.82) is 0 Å². The zero-order valence-electron chi connectivity index (χ0n) is 18.2. The van der Waals surface area contributed by atoms with Crippen molar-refractivity contribution in [3.8, 4) is 11.5 Å². The molecule has 186 valence electrons. The number of hydrogen-bond acceptors (Lipinski definition) is 8. The van der Waals surface area contributed by atoms with E-state index in [1.807, 2.05) is 12.1 Å². The maximum absolute atomic E-state index is 12.5. The Hall–Kier alpha value is -3.83. The maximum Gasteiger partial charge on any atom is 0.491 e. The first kappa shape index (κ1) is 25.3. The van der Waals surface area contributed by atoms with Gasteiger partial charge in [-0.05, 0) is 35.2 Å². The molecule has 7 nitrogen and oxygen atoms in total. The lowest BCUT2D eigenvalue weighted by atomic mass is 10.1. The van der Waals surface area contributed by atoms with E-state index in [0.717, 1.165) is 23.1 Å². The number of thiophene rings is 1.